The molecule has 2 heteroatoms. The van der Waals surface area contributed by atoms with Gasteiger partial charge < -0.3 is 9.47 Å². The summed E-state index contributed by atoms with van der Waals surface area (Å²) in [5, 5.41) is 0. The molecule has 0 rings (SSSR count). The molecule has 0 amide bonds. The molecule has 0 spiro atoms. The lowest BCUT2D eigenvalue weighted by atomic mass is 9.84. The van der Waals surface area contributed by atoms with Crippen molar-refractivity contribution >= 4 is 0 Å². The summed E-state index contributed by atoms with van der Waals surface area (Å²) in [6.07, 6.45) is 1.12. The van der Waals surface area contributed by atoms with E-state index < -0.39 is 0 Å². The predicted octanol–water partition coefficient (Wildman–Crippen LogP) is 3.75. The SMILES string of the molecule is CCCOC.COC(C)(C)C(C)C(C)C. The van der Waals surface area contributed by atoms with Crippen LogP contribution in [-0.4, -0.2) is 26.4 Å². The summed E-state index contributed by atoms with van der Waals surface area (Å²) in [5.74, 6) is 1.30. The van der Waals surface area contributed by atoms with Gasteiger partial charge in [-0.05, 0) is 32.1 Å². The third-order valence-electron chi connectivity index (χ3n) is 3.03. The molecule has 0 N–H and O–H groups in total. The molecule has 0 fully saturated rings. The molecular weight excluding hydrogens is 188 g/mol. The second-order valence-electron chi connectivity index (χ2n) is 4.83. The first-order chi connectivity index (χ1) is 6.83. The molecule has 15 heavy (non-hydrogen) atoms. The van der Waals surface area contributed by atoms with Crippen LogP contribution in [0.15, 0.2) is 0 Å². The Kier molecular flexibility index (Phi) is 10.6. The number of ether oxygens (including phenoxy) is 2. The molecule has 0 saturated heterocycles. The molecular formula is C13H30O2. The predicted molar refractivity (Wildman–Crippen MR) is 67.3 cm³/mol. The van der Waals surface area contributed by atoms with Gasteiger partial charge in [-0.1, -0.05) is 27.7 Å². The molecule has 0 aliphatic rings. The number of rotatable bonds is 5. The average molecular weight is 218 g/mol. The quantitative estimate of drug-likeness (QED) is 0.700. The average Bonchev–Trinajstić information content (AvgIpc) is 2.18. The second-order valence-corrected chi connectivity index (χ2v) is 4.83. The van der Waals surface area contributed by atoms with E-state index in [2.05, 4.69) is 41.5 Å². The minimum absolute atomic E-state index is 0.0220. The Morgan fingerprint density at radius 1 is 1.07 bits per heavy atom. The van der Waals surface area contributed by atoms with Gasteiger partial charge in [0.15, 0.2) is 0 Å². The Balaban J connectivity index is 0. The van der Waals surface area contributed by atoms with E-state index in [1.54, 1.807) is 14.2 Å². The normalized spacial score (nSPS) is 13.4. The Bertz CT molecular complexity index is 128. The lowest BCUT2D eigenvalue weighted by molar-refractivity contribution is -0.0367. The van der Waals surface area contributed by atoms with Crippen LogP contribution in [0.3, 0.4) is 0 Å². The standard InChI is InChI=1S/C9H20O.C4H10O/c1-7(2)8(3)9(4,5)10-6;1-3-4-5-2/h7-8H,1-6H3;3-4H2,1-2H3. The lowest BCUT2D eigenvalue weighted by Crippen LogP contribution is -2.34. The van der Waals surface area contributed by atoms with Crippen molar-refractivity contribution in [3.05, 3.63) is 0 Å². The van der Waals surface area contributed by atoms with E-state index in [1.165, 1.54) is 0 Å². The smallest absolute Gasteiger partial charge is 0.0650 e. The van der Waals surface area contributed by atoms with Crippen LogP contribution in [0, 0.1) is 11.8 Å². The van der Waals surface area contributed by atoms with Gasteiger partial charge in [0, 0.05) is 20.8 Å². The molecule has 0 saturated carbocycles. The lowest BCUT2D eigenvalue weighted by Gasteiger charge is -2.33. The minimum Gasteiger partial charge on any atom is -0.385 e. The molecule has 94 valence electrons. The molecule has 0 bridgehead atoms. The minimum atomic E-state index is 0.0220. The van der Waals surface area contributed by atoms with Gasteiger partial charge in [0.25, 0.3) is 0 Å². The monoisotopic (exact) mass is 218 g/mol. The third-order valence-corrected chi connectivity index (χ3v) is 3.03. The van der Waals surface area contributed by atoms with Gasteiger partial charge in [-0.2, -0.15) is 0 Å². The van der Waals surface area contributed by atoms with E-state index in [0.717, 1.165) is 13.0 Å². The van der Waals surface area contributed by atoms with Crippen LogP contribution in [-0.2, 0) is 9.47 Å². The zero-order chi connectivity index (χ0) is 12.5. The van der Waals surface area contributed by atoms with Crippen LogP contribution in [0.25, 0.3) is 0 Å². The van der Waals surface area contributed by atoms with Crippen molar-refractivity contribution in [1.29, 1.82) is 0 Å². The zero-order valence-corrected chi connectivity index (χ0v) is 11.9. The van der Waals surface area contributed by atoms with Crippen molar-refractivity contribution in [2.75, 3.05) is 20.8 Å². The summed E-state index contributed by atoms with van der Waals surface area (Å²) in [4.78, 5) is 0. The van der Waals surface area contributed by atoms with Crippen LogP contribution in [0.1, 0.15) is 48.0 Å². The Morgan fingerprint density at radius 3 is 1.60 bits per heavy atom. The van der Waals surface area contributed by atoms with E-state index >= 15 is 0 Å². The fraction of sp³-hybridized carbons (Fsp3) is 1.00. The van der Waals surface area contributed by atoms with E-state index in [9.17, 15) is 0 Å². The third kappa shape index (κ3) is 8.88. The first-order valence-electron chi connectivity index (χ1n) is 5.87. The van der Waals surface area contributed by atoms with Gasteiger partial charge in [-0.25, -0.2) is 0 Å². The van der Waals surface area contributed by atoms with E-state index in [1.807, 2.05) is 0 Å². The van der Waals surface area contributed by atoms with E-state index in [4.69, 9.17) is 9.47 Å². The maximum Gasteiger partial charge on any atom is 0.0650 e. The van der Waals surface area contributed by atoms with Gasteiger partial charge in [0.05, 0.1) is 5.60 Å². The van der Waals surface area contributed by atoms with Crippen molar-refractivity contribution in [2.24, 2.45) is 11.8 Å². The summed E-state index contributed by atoms with van der Waals surface area (Å²) in [7, 11) is 3.49. The molecule has 0 heterocycles. The molecule has 1 atom stereocenters. The first kappa shape index (κ1) is 17.3. The molecule has 0 aromatic carbocycles. The van der Waals surface area contributed by atoms with Crippen LogP contribution in [0.4, 0.5) is 0 Å². The van der Waals surface area contributed by atoms with Gasteiger partial charge in [-0.3, -0.25) is 0 Å². The molecule has 0 aliphatic carbocycles. The molecule has 1 unspecified atom stereocenters. The summed E-state index contributed by atoms with van der Waals surface area (Å²) >= 11 is 0. The van der Waals surface area contributed by atoms with Crippen molar-refractivity contribution in [3.8, 4) is 0 Å². The van der Waals surface area contributed by atoms with Crippen molar-refractivity contribution in [1.82, 2.24) is 0 Å². The first-order valence-corrected chi connectivity index (χ1v) is 5.87. The molecule has 2 nitrogen and oxygen atoms in total. The van der Waals surface area contributed by atoms with E-state index in [-0.39, 0.29) is 5.60 Å². The summed E-state index contributed by atoms with van der Waals surface area (Å²) in [6, 6.07) is 0. The Morgan fingerprint density at radius 2 is 1.53 bits per heavy atom. The Labute approximate surface area is 96.4 Å². The highest BCUT2D eigenvalue weighted by Crippen LogP contribution is 2.26. The number of hydrogen-bond donors (Lipinski definition) is 0. The van der Waals surface area contributed by atoms with Gasteiger partial charge in [-0.15, -0.1) is 0 Å². The van der Waals surface area contributed by atoms with Gasteiger partial charge >= 0.3 is 0 Å². The van der Waals surface area contributed by atoms with Crippen molar-refractivity contribution in [3.63, 3.8) is 0 Å². The fourth-order valence-corrected chi connectivity index (χ4v) is 1.19. The maximum atomic E-state index is 5.36. The molecule has 0 aliphatic heterocycles. The topological polar surface area (TPSA) is 18.5 Å². The van der Waals surface area contributed by atoms with Crippen molar-refractivity contribution in [2.45, 2.75) is 53.6 Å². The number of methoxy groups -OCH3 is 2. The maximum absolute atomic E-state index is 5.36. The van der Waals surface area contributed by atoms with Gasteiger partial charge in [0.1, 0.15) is 0 Å². The van der Waals surface area contributed by atoms with Crippen LogP contribution in [0.2, 0.25) is 0 Å². The molecule has 0 radical (unpaired) electrons. The van der Waals surface area contributed by atoms with Crippen molar-refractivity contribution < 1.29 is 9.47 Å². The molecule has 0 aromatic heterocycles. The largest absolute Gasteiger partial charge is 0.385 e. The summed E-state index contributed by atoms with van der Waals surface area (Å²) in [5.41, 5.74) is 0.0220. The molecule has 0 aromatic rings. The van der Waals surface area contributed by atoms with Crippen LogP contribution in [0.5, 0.6) is 0 Å². The van der Waals surface area contributed by atoms with E-state index in [0.29, 0.717) is 11.8 Å². The Hall–Kier alpha value is -0.0800. The summed E-state index contributed by atoms with van der Waals surface area (Å²) in [6.45, 7) is 13.9. The summed E-state index contributed by atoms with van der Waals surface area (Å²) < 4.78 is 10.1. The highest BCUT2D eigenvalue weighted by Gasteiger charge is 2.27. The van der Waals surface area contributed by atoms with Crippen LogP contribution < -0.4 is 0 Å². The van der Waals surface area contributed by atoms with Crippen LogP contribution >= 0.6 is 0 Å². The van der Waals surface area contributed by atoms with Gasteiger partial charge in [0.2, 0.25) is 0 Å². The number of hydrogen-bond acceptors (Lipinski definition) is 2. The zero-order valence-electron chi connectivity index (χ0n) is 11.9. The highest BCUT2D eigenvalue weighted by molar-refractivity contribution is 4.77. The highest BCUT2D eigenvalue weighted by atomic mass is 16.5. The second kappa shape index (κ2) is 9.17. The fourth-order valence-electron chi connectivity index (χ4n) is 1.19.